The van der Waals surface area contributed by atoms with Crippen molar-refractivity contribution in [3.05, 3.63) is 58.7 Å². The number of esters is 1. The molecule has 0 fully saturated rings. The lowest BCUT2D eigenvalue weighted by Gasteiger charge is -2.28. The highest BCUT2D eigenvalue weighted by molar-refractivity contribution is 5.96. The first-order chi connectivity index (χ1) is 12.3. The molecule has 2 rings (SSSR count). The zero-order chi connectivity index (χ0) is 20.6. The Balaban J connectivity index is 2.55. The van der Waals surface area contributed by atoms with E-state index in [0.29, 0.717) is 11.1 Å². The van der Waals surface area contributed by atoms with E-state index in [-0.39, 0.29) is 33.5 Å². The lowest BCUT2D eigenvalue weighted by molar-refractivity contribution is 0.0681. The number of phenolic OH excluding ortho intramolecular Hbond substituents is 1. The van der Waals surface area contributed by atoms with Crippen molar-refractivity contribution in [1.82, 2.24) is 0 Å². The number of para-hydroxylation sites is 1. The Hall–Kier alpha value is -2.82. The minimum absolute atomic E-state index is 0.0160. The van der Waals surface area contributed by atoms with Gasteiger partial charge in [0.2, 0.25) is 0 Å². The van der Waals surface area contributed by atoms with Crippen LogP contribution in [-0.4, -0.2) is 22.2 Å². The maximum absolute atomic E-state index is 12.8. The molecule has 144 valence electrons. The van der Waals surface area contributed by atoms with Crippen LogP contribution < -0.4 is 4.74 Å². The van der Waals surface area contributed by atoms with E-state index in [1.807, 2.05) is 41.5 Å². The standard InChI is InChI=1S/C22H26O5/c1-21(2,3)15-11-13(12-16(18(15)23)22(4,5)6)20(26)27-17-10-8-7-9-14(17)19(24)25/h7-12,23H,1-6H3,(H,24,25). The summed E-state index contributed by atoms with van der Waals surface area (Å²) in [5, 5.41) is 20.0. The molecule has 0 heterocycles. The first-order valence-corrected chi connectivity index (χ1v) is 8.75. The van der Waals surface area contributed by atoms with Gasteiger partial charge in [0.05, 0.1) is 5.56 Å². The predicted octanol–water partition coefficient (Wildman–Crippen LogP) is 4.90. The summed E-state index contributed by atoms with van der Waals surface area (Å²) in [6, 6.07) is 9.20. The number of benzene rings is 2. The maximum atomic E-state index is 12.8. The van der Waals surface area contributed by atoms with Gasteiger partial charge in [-0.05, 0) is 35.1 Å². The normalized spacial score (nSPS) is 11.9. The molecule has 5 heteroatoms. The summed E-state index contributed by atoms with van der Waals surface area (Å²) in [6.07, 6.45) is 0. The molecular formula is C22H26O5. The van der Waals surface area contributed by atoms with E-state index in [1.54, 1.807) is 24.3 Å². The van der Waals surface area contributed by atoms with Crippen LogP contribution in [0.4, 0.5) is 0 Å². The quantitative estimate of drug-likeness (QED) is 0.593. The summed E-state index contributed by atoms with van der Waals surface area (Å²) in [4.78, 5) is 24.1. The molecule has 0 saturated carbocycles. The van der Waals surface area contributed by atoms with E-state index in [4.69, 9.17) is 4.74 Å². The van der Waals surface area contributed by atoms with Crippen LogP contribution in [0.3, 0.4) is 0 Å². The average Bonchev–Trinajstić information content (AvgIpc) is 2.53. The second kappa shape index (κ2) is 7.06. The Morgan fingerprint density at radius 3 is 1.81 bits per heavy atom. The monoisotopic (exact) mass is 370 g/mol. The summed E-state index contributed by atoms with van der Waals surface area (Å²) >= 11 is 0. The van der Waals surface area contributed by atoms with Gasteiger partial charge in [0.1, 0.15) is 17.1 Å². The molecule has 0 aliphatic rings. The van der Waals surface area contributed by atoms with Crippen molar-refractivity contribution < 1.29 is 24.5 Å². The Bertz CT molecular complexity index is 847. The molecule has 27 heavy (non-hydrogen) atoms. The first kappa shape index (κ1) is 20.5. The van der Waals surface area contributed by atoms with Crippen LogP contribution in [0.15, 0.2) is 36.4 Å². The molecule has 2 aromatic rings. The van der Waals surface area contributed by atoms with Crippen molar-refractivity contribution in [2.45, 2.75) is 52.4 Å². The number of hydrogen-bond acceptors (Lipinski definition) is 4. The Labute approximate surface area is 159 Å². The van der Waals surface area contributed by atoms with Gasteiger partial charge in [-0.3, -0.25) is 0 Å². The second-order valence-corrected chi connectivity index (χ2v) is 8.61. The molecule has 2 N–H and O–H groups in total. The molecule has 0 spiro atoms. The van der Waals surface area contributed by atoms with Crippen molar-refractivity contribution in [2.75, 3.05) is 0 Å². The van der Waals surface area contributed by atoms with Gasteiger partial charge in [0.15, 0.2) is 0 Å². The number of carboxylic acid groups (broad SMARTS) is 1. The van der Waals surface area contributed by atoms with Crippen LogP contribution >= 0.6 is 0 Å². The predicted molar refractivity (Wildman–Crippen MR) is 104 cm³/mol. The Kier molecular flexibility index (Phi) is 5.36. The molecule has 0 amide bonds. The number of hydrogen-bond donors (Lipinski definition) is 2. The first-order valence-electron chi connectivity index (χ1n) is 8.75. The van der Waals surface area contributed by atoms with Gasteiger partial charge < -0.3 is 14.9 Å². The molecule has 0 aliphatic heterocycles. The highest BCUT2D eigenvalue weighted by Crippen LogP contribution is 2.40. The zero-order valence-corrected chi connectivity index (χ0v) is 16.6. The van der Waals surface area contributed by atoms with E-state index in [1.165, 1.54) is 12.1 Å². The number of carboxylic acids is 1. The van der Waals surface area contributed by atoms with Gasteiger partial charge >= 0.3 is 11.9 Å². The summed E-state index contributed by atoms with van der Waals surface area (Å²) in [5.74, 6) is -1.69. The Morgan fingerprint density at radius 2 is 1.37 bits per heavy atom. The molecular weight excluding hydrogens is 344 g/mol. The number of ether oxygens (including phenoxy) is 1. The lowest BCUT2D eigenvalue weighted by atomic mass is 9.78. The fraction of sp³-hybridized carbons (Fsp3) is 0.364. The minimum Gasteiger partial charge on any atom is -0.507 e. The summed E-state index contributed by atoms with van der Waals surface area (Å²) in [6.45, 7) is 11.7. The molecule has 2 aromatic carbocycles. The maximum Gasteiger partial charge on any atom is 0.343 e. The van der Waals surface area contributed by atoms with Crippen LogP contribution in [0.2, 0.25) is 0 Å². The van der Waals surface area contributed by atoms with Gasteiger partial charge in [-0.25, -0.2) is 9.59 Å². The average molecular weight is 370 g/mol. The van der Waals surface area contributed by atoms with Gasteiger partial charge in [0.25, 0.3) is 0 Å². The SMILES string of the molecule is CC(C)(C)c1cc(C(=O)Oc2ccccc2C(=O)O)cc(C(C)(C)C)c1O. The number of carbonyl (C=O) groups excluding carboxylic acids is 1. The van der Waals surface area contributed by atoms with Crippen LogP contribution in [-0.2, 0) is 10.8 Å². The Morgan fingerprint density at radius 1 is 0.889 bits per heavy atom. The molecule has 0 bridgehead atoms. The molecule has 0 aliphatic carbocycles. The smallest absolute Gasteiger partial charge is 0.343 e. The van der Waals surface area contributed by atoms with E-state index in [9.17, 15) is 19.8 Å². The number of rotatable bonds is 3. The summed E-state index contributed by atoms with van der Waals surface area (Å²) in [7, 11) is 0. The zero-order valence-electron chi connectivity index (χ0n) is 16.6. The van der Waals surface area contributed by atoms with Crippen molar-refractivity contribution in [1.29, 1.82) is 0 Å². The van der Waals surface area contributed by atoms with E-state index < -0.39 is 11.9 Å². The van der Waals surface area contributed by atoms with Gasteiger partial charge in [0, 0.05) is 11.1 Å². The molecule has 0 unspecified atom stereocenters. The third-order valence-electron chi connectivity index (χ3n) is 4.28. The number of aromatic carboxylic acids is 1. The van der Waals surface area contributed by atoms with Gasteiger partial charge in [-0.2, -0.15) is 0 Å². The van der Waals surface area contributed by atoms with Crippen molar-refractivity contribution >= 4 is 11.9 Å². The minimum atomic E-state index is -1.17. The van der Waals surface area contributed by atoms with E-state index in [0.717, 1.165) is 0 Å². The third-order valence-corrected chi connectivity index (χ3v) is 4.28. The van der Waals surface area contributed by atoms with Crippen LogP contribution in [0.25, 0.3) is 0 Å². The van der Waals surface area contributed by atoms with Crippen LogP contribution in [0.5, 0.6) is 11.5 Å². The molecule has 0 aromatic heterocycles. The fourth-order valence-electron chi connectivity index (χ4n) is 2.79. The van der Waals surface area contributed by atoms with Crippen molar-refractivity contribution in [3.8, 4) is 11.5 Å². The molecule has 0 radical (unpaired) electrons. The molecule has 0 atom stereocenters. The van der Waals surface area contributed by atoms with E-state index >= 15 is 0 Å². The number of phenols is 1. The summed E-state index contributed by atoms with van der Waals surface area (Å²) < 4.78 is 5.37. The van der Waals surface area contributed by atoms with Crippen LogP contribution in [0, 0.1) is 0 Å². The fourth-order valence-corrected chi connectivity index (χ4v) is 2.79. The lowest BCUT2D eigenvalue weighted by Crippen LogP contribution is -2.20. The molecule has 0 saturated heterocycles. The largest absolute Gasteiger partial charge is 0.507 e. The molecule has 5 nitrogen and oxygen atoms in total. The van der Waals surface area contributed by atoms with Crippen LogP contribution in [0.1, 0.15) is 73.4 Å². The highest BCUT2D eigenvalue weighted by atomic mass is 16.5. The summed E-state index contributed by atoms with van der Waals surface area (Å²) in [5.41, 5.74) is 0.667. The topological polar surface area (TPSA) is 83.8 Å². The highest BCUT2D eigenvalue weighted by Gasteiger charge is 2.28. The number of carbonyl (C=O) groups is 2. The van der Waals surface area contributed by atoms with Gasteiger partial charge in [-0.15, -0.1) is 0 Å². The van der Waals surface area contributed by atoms with Crippen molar-refractivity contribution in [2.24, 2.45) is 0 Å². The number of aromatic hydroxyl groups is 1. The van der Waals surface area contributed by atoms with Crippen molar-refractivity contribution in [3.63, 3.8) is 0 Å². The van der Waals surface area contributed by atoms with Gasteiger partial charge in [-0.1, -0.05) is 53.7 Å². The second-order valence-electron chi connectivity index (χ2n) is 8.61. The third kappa shape index (κ3) is 4.48. The van der Waals surface area contributed by atoms with E-state index in [2.05, 4.69) is 0 Å².